The monoisotopic (exact) mass is 279 g/mol. The maximum absolute atomic E-state index is 13.5. The molecule has 2 heterocycles. The summed E-state index contributed by atoms with van der Waals surface area (Å²) in [5, 5.41) is 0. The van der Waals surface area contributed by atoms with Crippen LogP contribution in [0.3, 0.4) is 0 Å². The van der Waals surface area contributed by atoms with Gasteiger partial charge in [0.05, 0.1) is 24.0 Å². The third-order valence-corrected chi connectivity index (χ3v) is 3.75. The van der Waals surface area contributed by atoms with Crippen molar-refractivity contribution in [1.82, 2.24) is 4.98 Å². The van der Waals surface area contributed by atoms with E-state index in [1.807, 2.05) is 27.7 Å². The number of ether oxygens (including phenoxy) is 1. The topological polar surface area (TPSA) is 40.6 Å². The molecule has 0 saturated carbocycles. The number of nitrogens with zero attached hydrogens (tertiary/aromatic N) is 1. The van der Waals surface area contributed by atoms with Crippen LogP contribution in [0.2, 0.25) is 0 Å². The van der Waals surface area contributed by atoms with E-state index in [9.17, 15) is 4.39 Å². The number of pyridine rings is 1. The van der Waals surface area contributed by atoms with Gasteiger partial charge in [0.15, 0.2) is 5.75 Å². The van der Waals surface area contributed by atoms with Crippen molar-refractivity contribution in [1.29, 1.82) is 0 Å². The molecular weight excluding hydrogens is 260 g/mol. The van der Waals surface area contributed by atoms with Crippen LogP contribution < -0.4 is 4.74 Å². The van der Waals surface area contributed by atoms with Crippen molar-refractivity contribution >= 4 is 13.2 Å². The van der Waals surface area contributed by atoms with E-state index in [2.05, 4.69) is 4.98 Å². The minimum Gasteiger partial charge on any atom is -0.492 e. The van der Waals surface area contributed by atoms with E-state index in [1.165, 1.54) is 13.2 Å². The van der Waals surface area contributed by atoms with Gasteiger partial charge in [-0.25, -0.2) is 4.98 Å². The molecule has 1 aliphatic rings. The van der Waals surface area contributed by atoms with E-state index in [4.69, 9.17) is 14.0 Å². The van der Waals surface area contributed by atoms with Gasteiger partial charge in [-0.1, -0.05) is 5.98 Å². The van der Waals surface area contributed by atoms with Gasteiger partial charge in [-0.2, -0.15) is 4.39 Å². The van der Waals surface area contributed by atoms with Crippen molar-refractivity contribution in [2.75, 3.05) is 7.11 Å². The molecule has 20 heavy (non-hydrogen) atoms. The van der Waals surface area contributed by atoms with Crippen LogP contribution in [0.15, 0.2) is 18.1 Å². The van der Waals surface area contributed by atoms with E-state index in [0.717, 1.165) is 0 Å². The lowest BCUT2D eigenvalue weighted by Gasteiger charge is -2.32. The molecule has 0 atom stereocenters. The Bertz CT molecular complexity index is 515. The highest BCUT2D eigenvalue weighted by Gasteiger charge is 2.49. The van der Waals surface area contributed by atoms with Gasteiger partial charge < -0.3 is 14.0 Å². The average Bonchev–Trinajstić information content (AvgIpc) is 2.55. The van der Waals surface area contributed by atoms with Crippen LogP contribution in [0.25, 0.3) is 6.08 Å². The molecule has 1 saturated heterocycles. The van der Waals surface area contributed by atoms with Crippen molar-refractivity contribution in [2.45, 2.75) is 38.9 Å². The maximum Gasteiger partial charge on any atom is 0.487 e. The van der Waals surface area contributed by atoms with Crippen LogP contribution in [0, 0.1) is 5.95 Å². The predicted octanol–water partition coefficient (Wildman–Crippen LogP) is 2.87. The predicted molar refractivity (Wildman–Crippen MR) is 75.9 cm³/mol. The molecule has 1 aromatic rings. The minimum absolute atomic E-state index is 0.123. The summed E-state index contributed by atoms with van der Waals surface area (Å²) in [6.45, 7) is 7.91. The molecule has 6 heteroatoms. The fourth-order valence-corrected chi connectivity index (χ4v) is 1.82. The van der Waals surface area contributed by atoms with Crippen molar-refractivity contribution in [3.8, 4) is 5.75 Å². The third kappa shape index (κ3) is 2.86. The first-order valence-electron chi connectivity index (χ1n) is 6.49. The van der Waals surface area contributed by atoms with Crippen LogP contribution in [0.1, 0.15) is 33.4 Å². The molecule has 1 fully saturated rings. The molecular formula is C14H19BFNO3. The van der Waals surface area contributed by atoms with Crippen LogP contribution >= 0.6 is 0 Å². The van der Waals surface area contributed by atoms with E-state index in [0.29, 0.717) is 5.69 Å². The molecule has 2 rings (SSSR count). The quantitative estimate of drug-likeness (QED) is 0.630. The largest absolute Gasteiger partial charge is 0.492 e. The molecule has 0 amide bonds. The van der Waals surface area contributed by atoms with Crippen molar-refractivity contribution in [3.05, 3.63) is 29.7 Å². The fourth-order valence-electron chi connectivity index (χ4n) is 1.82. The molecule has 0 bridgehead atoms. The SMILES string of the molecule is COc1ccc(/C=C/B2OC(C)(C)C(C)(C)O2)nc1F. The van der Waals surface area contributed by atoms with E-state index in [-0.39, 0.29) is 17.0 Å². The Morgan fingerprint density at radius 2 is 1.80 bits per heavy atom. The molecule has 0 N–H and O–H groups in total. The highest BCUT2D eigenvalue weighted by Crippen LogP contribution is 2.37. The Hall–Kier alpha value is -1.40. The molecule has 0 aromatic carbocycles. The highest BCUT2D eigenvalue weighted by molar-refractivity contribution is 6.52. The first-order chi connectivity index (χ1) is 9.25. The lowest BCUT2D eigenvalue weighted by molar-refractivity contribution is 0.00578. The van der Waals surface area contributed by atoms with E-state index >= 15 is 0 Å². The summed E-state index contributed by atoms with van der Waals surface area (Å²) in [5.41, 5.74) is -0.292. The third-order valence-electron chi connectivity index (χ3n) is 3.75. The second-order valence-corrected chi connectivity index (χ2v) is 5.71. The average molecular weight is 279 g/mol. The van der Waals surface area contributed by atoms with Crippen LogP contribution in [0.5, 0.6) is 5.75 Å². The van der Waals surface area contributed by atoms with Crippen molar-refractivity contribution < 1.29 is 18.4 Å². The summed E-state index contributed by atoms with van der Waals surface area (Å²) in [4.78, 5) is 3.79. The van der Waals surface area contributed by atoms with Gasteiger partial charge in [0.2, 0.25) is 0 Å². The lowest BCUT2D eigenvalue weighted by Crippen LogP contribution is -2.41. The zero-order valence-corrected chi connectivity index (χ0v) is 12.4. The Morgan fingerprint density at radius 1 is 1.20 bits per heavy atom. The summed E-state index contributed by atoms with van der Waals surface area (Å²) in [7, 11) is 0.937. The number of methoxy groups -OCH3 is 1. The summed E-state index contributed by atoms with van der Waals surface area (Å²) >= 11 is 0. The van der Waals surface area contributed by atoms with Crippen LogP contribution in [-0.4, -0.2) is 30.4 Å². The number of aromatic nitrogens is 1. The molecule has 0 spiro atoms. The summed E-state index contributed by atoms with van der Waals surface area (Å²) < 4.78 is 29.9. The zero-order chi connectivity index (χ0) is 15.0. The standard InChI is InChI=1S/C14H19BFNO3/c1-13(2)14(3,4)20-15(19-13)9-8-10-6-7-11(18-5)12(16)17-10/h6-9H,1-5H3/b9-8+. The molecule has 1 aliphatic heterocycles. The Morgan fingerprint density at radius 3 is 2.30 bits per heavy atom. The zero-order valence-electron chi connectivity index (χ0n) is 12.4. The van der Waals surface area contributed by atoms with Gasteiger partial charge in [-0.15, -0.1) is 0 Å². The Labute approximate surface area is 119 Å². The molecule has 0 aliphatic carbocycles. The smallest absolute Gasteiger partial charge is 0.487 e. The van der Waals surface area contributed by atoms with Gasteiger partial charge in [0.25, 0.3) is 5.95 Å². The second-order valence-electron chi connectivity index (χ2n) is 5.71. The van der Waals surface area contributed by atoms with Gasteiger partial charge in [0, 0.05) is 0 Å². The fraction of sp³-hybridized carbons (Fsp3) is 0.500. The normalized spacial score (nSPS) is 20.6. The molecule has 1 aromatic heterocycles. The number of halogens is 1. The number of hydrogen-bond donors (Lipinski definition) is 0. The van der Waals surface area contributed by atoms with Crippen LogP contribution in [0.4, 0.5) is 4.39 Å². The lowest BCUT2D eigenvalue weighted by atomic mass is 9.89. The molecule has 0 radical (unpaired) electrons. The van der Waals surface area contributed by atoms with Crippen molar-refractivity contribution in [2.24, 2.45) is 0 Å². The van der Waals surface area contributed by atoms with Gasteiger partial charge >= 0.3 is 7.12 Å². The number of rotatable bonds is 3. The molecule has 4 nitrogen and oxygen atoms in total. The Kier molecular flexibility index (Phi) is 3.89. The van der Waals surface area contributed by atoms with E-state index in [1.54, 1.807) is 18.1 Å². The maximum atomic E-state index is 13.5. The summed E-state index contributed by atoms with van der Waals surface area (Å²) in [6.07, 6.45) is 1.67. The first kappa shape index (κ1) is 15.0. The summed E-state index contributed by atoms with van der Waals surface area (Å²) in [5.74, 6) is 1.21. The van der Waals surface area contributed by atoms with Gasteiger partial charge in [0.1, 0.15) is 0 Å². The van der Waals surface area contributed by atoms with E-state index < -0.39 is 13.1 Å². The Balaban J connectivity index is 2.10. The highest BCUT2D eigenvalue weighted by atomic mass is 19.1. The van der Waals surface area contributed by atoms with Crippen molar-refractivity contribution in [3.63, 3.8) is 0 Å². The first-order valence-corrected chi connectivity index (χ1v) is 6.49. The van der Waals surface area contributed by atoms with Gasteiger partial charge in [-0.05, 0) is 45.9 Å². The minimum atomic E-state index is -0.636. The molecule has 0 unspecified atom stereocenters. The molecule has 108 valence electrons. The summed E-state index contributed by atoms with van der Waals surface area (Å²) in [6, 6.07) is 3.20. The van der Waals surface area contributed by atoms with Gasteiger partial charge in [-0.3, -0.25) is 0 Å². The number of hydrogen-bond acceptors (Lipinski definition) is 4. The second kappa shape index (κ2) is 5.18. The van der Waals surface area contributed by atoms with Crippen LogP contribution in [-0.2, 0) is 9.31 Å².